The van der Waals surface area contributed by atoms with Crippen molar-refractivity contribution in [1.29, 1.82) is 0 Å². The Labute approximate surface area is 130 Å². The molecule has 2 amide bonds. The summed E-state index contributed by atoms with van der Waals surface area (Å²) in [4.78, 5) is 28.6. The van der Waals surface area contributed by atoms with Crippen LogP contribution in [0.1, 0.15) is 29.8 Å². The van der Waals surface area contributed by atoms with Gasteiger partial charge in [0.05, 0.1) is 19.2 Å². The molecule has 0 aromatic carbocycles. The Balaban J connectivity index is 0.00000211. The van der Waals surface area contributed by atoms with E-state index in [4.69, 9.17) is 9.94 Å². The fourth-order valence-electron chi connectivity index (χ4n) is 1.53. The van der Waals surface area contributed by atoms with E-state index in [-0.39, 0.29) is 24.6 Å². The quantitative estimate of drug-likeness (QED) is 0.519. The first-order chi connectivity index (χ1) is 10.5. The van der Waals surface area contributed by atoms with E-state index < -0.39 is 5.91 Å². The van der Waals surface area contributed by atoms with E-state index in [1.54, 1.807) is 19.0 Å². The van der Waals surface area contributed by atoms with Crippen LogP contribution in [0.2, 0.25) is 0 Å². The average Bonchev–Trinajstić information content (AvgIpc) is 2.53. The van der Waals surface area contributed by atoms with Crippen molar-refractivity contribution in [3.05, 3.63) is 23.4 Å². The third kappa shape index (κ3) is 6.51. The molecule has 124 valence electrons. The van der Waals surface area contributed by atoms with Gasteiger partial charge in [-0.25, -0.2) is 10.5 Å². The second-order valence-corrected chi connectivity index (χ2v) is 4.35. The van der Waals surface area contributed by atoms with Gasteiger partial charge in [-0.1, -0.05) is 13.8 Å². The van der Waals surface area contributed by atoms with Crippen molar-refractivity contribution < 1.29 is 19.5 Å². The third-order valence-electron chi connectivity index (χ3n) is 2.42. The lowest BCUT2D eigenvalue weighted by atomic mass is 10.2. The molecule has 0 radical (unpaired) electrons. The number of hydroxylamine groups is 1. The number of carbonyl (C=O) groups is 2. The number of likely N-dealkylation sites (N-methyl/N-ethyl adjacent to an activating group) is 1. The van der Waals surface area contributed by atoms with Crippen molar-refractivity contribution >= 4 is 11.8 Å². The highest BCUT2D eigenvalue weighted by Gasteiger charge is 2.12. The van der Waals surface area contributed by atoms with Crippen LogP contribution in [0, 0.1) is 0 Å². The maximum absolute atomic E-state index is 11.6. The topological polar surface area (TPSA) is 104 Å². The molecule has 0 atom stereocenters. The summed E-state index contributed by atoms with van der Waals surface area (Å²) >= 11 is 0. The van der Waals surface area contributed by atoms with E-state index in [0.717, 1.165) is 0 Å². The summed E-state index contributed by atoms with van der Waals surface area (Å²) in [5.41, 5.74) is 2.24. The number of pyridine rings is 1. The second-order valence-electron chi connectivity index (χ2n) is 4.35. The summed E-state index contributed by atoms with van der Waals surface area (Å²) in [5, 5.41) is 11.3. The van der Waals surface area contributed by atoms with Crippen molar-refractivity contribution in [3.8, 4) is 5.88 Å². The summed E-state index contributed by atoms with van der Waals surface area (Å²) < 4.78 is 5.06. The number of rotatable bonds is 6. The van der Waals surface area contributed by atoms with Gasteiger partial charge in [-0.3, -0.25) is 14.8 Å². The molecule has 1 aromatic heterocycles. The van der Waals surface area contributed by atoms with Crippen molar-refractivity contribution in [1.82, 2.24) is 20.7 Å². The van der Waals surface area contributed by atoms with Gasteiger partial charge in [-0.05, 0) is 20.2 Å². The molecule has 0 aliphatic rings. The molecule has 22 heavy (non-hydrogen) atoms. The molecule has 0 aliphatic carbocycles. The molecule has 0 unspecified atom stereocenters. The highest BCUT2D eigenvalue weighted by Crippen LogP contribution is 2.16. The van der Waals surface area contributed by atoms with Crippen LogP contribution in [0.25, 0.3) is 0 Å². The predicted molar refractivity (Wildman–Crippen MR) is 81.8 cm³/mol. The maximum Gasteiger partial charge on any atom is 0.276 e. The summed E-state index contributed by atoms with van der Waals surface area (Å²) in [6.45, 7) is 4.43. The third-order valence-corrected chi connectivity index (χ3v) is 2.42. The molecule has 0 saturated heterocycles. The van der Waals surface area contributed by atoms with Crippen LogP contribution >= 0.6 is 0 Å². The number of aromatic nitrogens is 1. The van der Waals surface area contributed by atoms with Gasteiger partial charge in [0.15, 0.2) is 0 Å². The molecular formula is C14H24N4O4. The number of hydrogen-bond donors (Lipinski definition) is 3. The van der Waals surface area contributed by atoms with Crippen LogP contribution in [0.15, 0.2) is 12.3 Å². The fraction of sp³-hybridized carbons (Fsp3) is 0.500. The largest absolute Gasteiger partial charge is 0.481 e. The van der Waals surface area contributed by atoms with Crippen molar-refractivity contribution in [3.63, 3.8) is 0 Å². The van der Waals surface area contributed by atoms with Gasteiger partial charge in [0.2, 0.25) is 11.8 Å². The summed E-state index contributed by atoms with van der Waals surface area (Å²) in [7, 11) is 5.01. The SMILES string of the molecule is CC.COc1ncc(C(=O)NO)cc1CNC(=O)CN(C)C. The normalized spacial score (nSPS) is 9.59. The maximum atomic E-state index is 11.6. The lowest BCUT2D eigenvalue weighted by Gasteiger charge is -2.12. The smallest absolute Gasteiger partial charge is 0.276 e. The van der Waals surface area contributed by atoms with Gasteiger partial charge in [0, 0.05) is 18.3 Å². The Morgan fingerprint density at radius 2 is 2.00 bits per heavy atom. The number of nitrogens with one attached hydrogen (secondary N) is 2. The zero-order chi connectivity index (χ0) is 17.1. The Morgan fingerprint density at radius 3 is 2.50 bits per heavy atom. The highest BCUT2D eigenvalue weighted by atomic mass is 16.5. The first-order valence-electron chi connectivity index (χ1n) is 6.86. The molecular weight excluding hydrogens is 288 g/mol. The lowest BCUT2D eigenvalue weighted by molar-refractivity contribution is -0.121. The first kappa shape index (κ1) is 19.8. The molecule has 1 aromatic rings. The molecule has 0 saturated carbocycles. The molecule has 0 aliphatic heterocycles. The Hall–Kier alpha value is -2.19. The van der Waals surface area contributed by atoms with Gasteiger partial charge in [-0.2, -0.15) is 0 Å². The summed E-state index contributed by atoms with van der Waals surface area (Å²) in [6.07, 6.45) is 1.27. The molecule has 8 heteroatoms. The van der Waals surface area contributed by atoms with Crippen LogP contribution in [0.3, 0.4) is 0 Å². The number of amides is 2. The van der Waals surface area contributed by atoms with E-state index in [0.29, 0.717) is 11.4 Å². The van der Waals surface area contributed by atoms with Gasteiger partial charge < -0.3 is 15.0 Å². The number of hydrogen-bond acceptors (Lipinski definition) is 6. The van der Waals surface area contributed by atoms with E-state index in [2.05, 4.69) is 10.3 Å². The predicted octanol–water partition coefficient (Wildman–Crippen LogP) is 0.413. The van der Waals surface area contributed by atoms with Gasteiger partial charge in [-0.15, -0.1) is 0 Å². The minimum Gasteiger partial charge on any atom is -0.481 e. The minimum atomic E-state index is -0.680. The molecule has 0 bridgehead atoms. The number of ether oxygens (including phenoxy) is 1. The standard InChI is InChI=1S/C12H18N4O4.C2H6/c1-16(2)7-10(17)13-6-9-4-8(11(18)15-19)5-14-12(9)20-3;1-2/h4-5,19H,6-7H2,1-3H3,(H,13,17)(H,15,18);1-2H3. The molecule has 1 rings (SSSR count). The van der Waals surface area contributed by atoms with Crippen LogP contribution in [0.4, 0.5) is 0 Å². The van der Waals surface area contributed by atoms with E-state index in [1.165, 1.54) is 24.9 Å². The summed E-state index contributed by atoms with van der Waals surface area (Å²) in [5.74, 6) is -0.528. The van der Waals surface area contributed by atoms with Crippen LogP contribution in [-0.4, -0.2) is 54.7 Å². The molecule has 0 fully saturated rings. The highest BCUT2D eigenvalue weighted by molar-refractivity contribution is 5.93. The number of nitrogens with zero attached hydrogens (tertiary/aromatic N) is 2. The first-order valence-corrected chi connectivity index (χ1v) is 6.86. The molecule has 8 nitrogen and oxygen atoms in total. The van der Waals surface area contributed by atoms with E-state index in [9.17, 15) is 9.59 Å². The average molecular weight is 312 g/mol. The zero-order valence-electron chi connectivity index (χ0n) is 13.6. The lowest BCUT2D eigenvalue weighted by Crippen LogP contribution is -2.33. The van der Waals surface area contributed by atoms with Gasteiger partial charge in [0.25, 0.3) is 5.91 Å². The van der Waals surface area contributed by atoms with E-state index in [1.807, 2.05) is 13.8 Å². The van der Waals surface area contributed by atoms with Crippen molar-refractivity contribution in [2.24, 2.45) is 0 Å². The number of carbonyl (C=O) groups excluding carboxylic acids is 2. The Kier molecular flexibility index (Phi) is 9.48. The van der Waals surface area contributed by atoms with E-state index >= 15 is 0 Å². The van der Waals surface area contributed by atoms with Gasteiger partial charge >= 0.3 is 0 Å². The van der Waals surface area contributed by atoms with Crippen LogP contribution in [-0.2, 0) is 11.3 Å². The molecule has 3 N–H and O–H groups in total. The number of methoxy groups -OCH3 is 1. The van der Waals surface area contributed by atoms with Gasteiger partial charge in [0.1, 0.15) is 0 Å². The second kappa shape index (κ2) is 10.5. The van der Waals surface area contributed by atoms with Crippen LogP contribution in [0.5, 0.6) is 5.88 Å². The monoisotopic (exact) mass is 312 g/mol. The minimum absolute atomic E-state index is 0.158. The Morgan fingerprint density at radius 1 is 1.36 bits per heavy atom. The molecule has 0 spiro atoms. The van der Waals surface area contributed by atoms with Crippen LogP contribution < -0.4 is 15.5 Å². The fourth-order valence-corrected chi connectivity index (χ4v) is 1.53. The molecule has 1 heterocycles. The Bertz CT molecular complexity index is 492. The van der Waals surface area contributed by atoms with Crippen molar-refractivity contribution in [2.45, 2.75) is 20.4 Å². The zero-order valence-corrected chi connectivity index (χ0v) is 13.6. The van der Waals surface area contributed by atoms with Crippen molar-refractivity contribution in [2.75, 3.05) is 27.7 Å². The summed E-state index contributed by atoms with van der Waals surface area (Å²) in [6, 6.07) is 1.49.